The van der Waals surface area contributed by atoms with Crippen LogP contribution in [0, 0.1) is 0 Å². The molecule has 0 aromatic rings. The zero-order valence-corrected chi connectivity index (χ0v) is 10.2. The molecule has 4 heteroatoms. The van der Waals surface area contributed by atoms with Gasteiger partial charge in [-0.15, -0.1) is 0 Å². The van der Waals surface area contributed by atoms with Crippen LogP contribution in [0.5, 0.6) is 0 Å². The van der Waals surface area contributed by atoms with E-state index in [1.54, 1.807) is 0 Å². The smallest absolute Gasteiger partial charge is 0.128 e. The van der Waals surface area contributed by atoms with Gasteiger partial charge in [-0.25, -0.2) is 4.39 Å². The maximum Gasteiger partial charge on any atom is 0.128 e. The average molecular weight is 300 g/mol. The van der Waals surface area contributed by atoms with Crippen molar-refractivity contribution in [1.82, 2.24) is 10.6 Å². The number of rotatable bonds is 4. The van der Waals surface area contributed by atoms with Crippen molar-refractivity contribution in [1.29, 1.82) is 0 Å². The minimum absolute atomic E-state index is 0.0703. The van der Waals surface area contributed by atoms with E-state index < -0.39 is 6.17 Å². The molecular formula is C9H18FIN2. The van der Waals surface area contributed by atoms with Gasteiger partial charge < -0.3 is 10.6 Å². The van der Waals surface area contributed by atoms with Crippen LogP contribution in [0.4, 0.5) is 4.39 Å². The van der Waals surface area contributed by atoms with Crippen molar-refractivity contribution in [2.45, 2.75) is 38.0 Å². The number of hydrogen-bond acceptors (Lipinski definition) is 2. The van der Waals surface area contributed by atoms with Gasteiger partial charge >= 0.3 is 0 Å². The topological polar surface area (TPSA) is 24.1 Å². The van der Waals surface area contributed by atoms with E-state index in [2.05, 4.69) is 40.1 Å². The Morgan fingerprint density at radius 1 is 1.69 bits per heavy atom. The standard InChI is InChI=1S/C9H18FIN2/c1-2-7(5-11)13-9-3-4-12-6-8(9)10/h7-9,12-13H,2-6H2,1H3/t7-,8?,9?/m0/s1. The predicted molar refractivity (Wildman–Crippen MR) is 62.3 cm³/mol. The quantitative estimate of drug-likeness (QED) is 0.607. The Morgan fingerprint density at radius 2 is 2.46 bits per heavy atom. The molecule has 1 aliphatic heterocycles. The highest BCUT2D eigenvalue weighted by molar-refractivity contribution is 14.1. The molecule has 2 unspecified atom stereocenters. The molecule has 13 heavy (non-hydrogen) atoms. The van der Waals surface area contributed by atoms with E-state index in [4.69, 9.17) is 0 Å². The molecule has 1 heterocycles. The van der Waals surface area contributed by atoms with Gasteiger partial charge in [0.15, 0.2) is 0 Å². The molecule has 0 aliphatic carbocycles. The molecule has 2 nitrogen and oxygen atoms in total. The molecule has 0 radical (unpaired) electrons. The molecule has 78 valence electrons. The number of piperidine rings is 1. The summed E-state index contributed by atoms with van der Waals surface area (Å²) in [6.07, 6.45) is 1.28. The third kappa shape index (κ3) is 3.67. The fraction of sp³-hybridized carbons (Fsp3) is 1.00. The Hall–Kier alpha value is 0.580. The molecule has 0 amide bonds. The summed E-state index contributed by atoms with van der Waals surface area (Å²) in [5.74, 6) is 0. The molecular weight excluding hydrogens is 282 g/mol. The SMILES string of the molecule is CC[C@@H](CI)NC1CCNCC1F. The van der Waals surface area contributed by atoms with Gasteiger partial charge in [0.2, 0.25) is 0 Å². The van der Waals surface area contributed by atoms with Crippen molar-refractivity contribution in [2.24, 2.45) is 0 Å². The van der Waals surface area contributed by atoms with Gasteiger partial charge in [0.05, 0.1) is 0 Å². The van der Waals surface area contributed by atoms with E-state index in [-0.39, 0.29) is 6.04 Å². The van der Waals surface area contributed by atoms with Gasteiger partial charge in [-0.1, -0.05) is 29.5 Å². The Balaban J connectivity index is 2.32. The summed E-state index contributed by atoms with van der Waals surface area (Å²) in [6.45, 7) is 3.59. The lowest BCUT2D eigenvalue weighted by Crippen LogP contribution is -2.52. The van der Waals surface area contributed by atoms with Crippen LogP contribution in [0.3, 0.4) is 0 Å². The third-order valence-electron chi connectivity index (χ3n) is 2.54. The number of alkyl halides is 2. The molecule has 0 bridgehead atoms. The Labute approximate surface area is 93.2 Å². The second kappa shape index (κ2) is 6.14. The van der Waals surface area contributed by atoms with E-state index in [9.17, 15) is 4.39 Å². The molecule has 0 aromatic carbocycles. The molecule has 3 atom stereocenters. The van der Waals surface area contributed by atoms with Crippen LogP contribution < -0.4 is 10.6 Å². The Morgan fingerprint density at radius 3 is 3.00 bits per heavy atom. The number of hydrogen-bond donors (Lipinski definition) is 2. The van der Waals surface area contributed by atoms with Crippen LogP contribution in [0.15, 0.2) is 0 Å². The zero-order chi connectivity index (χ0) is 9.68. The number of halogens is 2. The maximum absolute atomic E-state index is 13.4. The molecule has 1 aliphatic rings. The van der Waals surface area contributed by atoms with E-state index >= 15 is 0 Å². The minimum Gasteiger partial charge on any atom is -0.314 e. The predicted octanol–water partition coefficient (Wildman–Crippen LogP) is 1.49. The monoisotopic (exact) mass is 300 g/mol. The molecule has 0 aromatic heterocycles. The molecule has 1 rings (SSSR count). The summed E-state index contributed by atoms with van der Waals surface area (Å²) < 4.78 is 14.4. The third-order valence-corrected chi connectivity index (χ3v) is 3.60. The highest BCUT2D eigenvalue weighted by atomic mass is 127. The summed E-state index contributed by atoms with van der Waals surface area (Å²) in [4.78, 5) is 0. The molecule has 0 spiro atoms. The van der Waals surface area contributed by atoms with E-state index in [0.717, 1.165) is 23.8 Å². The largest absolute Gasteiger partial charge is 0.314 e. The van der Waals surface area contributed by atoms with Gasteiger partial charge in [0.1, 0.15) is 6.17 Å². The fourth-order valence-corrected chi connectivity index (χ4v) is 2.46. The fourth-order valence-electron chi connectivity index (χ4n) is 1.58. The van der Waals surface area contributed by atoms with Crippen molar-refractivity contribution >= 4 is 22.6 Å². The first kappa shape index (κ1) is 11.7. The maximum atomic E-state index is 13.4. The lowest BCUT2D eigenvalue weighted by atomic mass is 10.0. The van der Waals surface area contributed by atoms with Crippen molar-refractivity contribution in [3.8, 4) is 0 Å². The van der Waals surface area contributed by atoms with Crippen LogP contribution in [0.25, 0.3) is 0 Å². The summed E-state index contributed by atoms with van der Waals surface area (Å²) in [7, 11) is 0. The molecule has 0 saturated carbocycles. The average Bonchev–Trinajstić information content (AvgIpc) is 2.17. The van der Waals surface area contributed by atoms with E-state index in [1.165, 1.54) is 0 Å². The van der Waals surface area contributed by atoms with Gasteiger partial charge in [-0.2, -0.15) is 0 Å². The normalized spacial score (nSPS) is 31.6. The van der Waals surface area contributed by atoms with Gasteiger partial charge in [0.25, 0.3) is 0 Å². The van der Waals surface area contributed by atoms with Crippen LogP contribution in [-0.2, 0) is 0 Å². The summed E-state index contributed by atoms with van der Waals surface area (Å²) in [5.41, 5.74) is 0. The van der Waals surface area contributed by atoms with Gasteiger partial charge in [-0.3, -0.25) is 0 Å². The first-order chi connectivity index (χ1) is 6.27. The van der Waals surface area contributed by atoms with E-state index in [1.807, 2.05) is 0 Å². The van der Waals surface area contributed by atoms with Gasteiger partial charge in [0, 0.05) is 23.1 Å². The minimum atomic E-state index is -0.717. The lowest BCUT2D eigenvalue weighted by molar-refractivity contribution is 0.193. The molecule has 1 saturated heterocycles. The van der Waals surface area contributed by atoms with Crippen molar-refractivity contribution in [2.75, 3.05) is 17.5 Å². The highest BCUT2D eigenvalue weighted by Crippen LogP contribution is 2.10. The first-order valence-electron chi connectivity index (χ1n) is 4.94. The van der Waals surface area contributed by atoms with Crippen molar-refractivity contribution in [3.05, 3.63) is 0 Å². The summed E-state index contributed by atoms with van der Waals surface area (Å²) in [5, 5.41) is 6.44. The summed E-state index contributed by atoms with van der Waals surface area (Å²) >= 11 is 2.35. The van der Waals surface area contributed by atoms with Crippen molar-refractivity contribution in [3.63, 3.8) is 0 Å². The second-order valence-electron chi connectivity index (χ2n) is 3.54. The van der Waals surface area contributed by atoms with Crippen molar-refractivity contribution < 1.29 is 4.39 Å². The number of nitrogens with one attached hydrogen (secondary N) is 2. The highest BCUT2D eigenvalue weighted by Gasteiger charge is 2.25. The molecule has 2 N–H and O–H groups in total. The van der Waals surface area contributed by atoms with Gasteiger partial charge in [-0.05, 0) is 19.4 Å². The van der Waals surface area contributed by atoms with Crippen LogP contribution in [-0.4, -0.2) is 35.8 Å². The first-order valence-corrected chi connectivity index (χ1v) is 6.47. The zero-order valence-electron chi connectivity index (χ0n) is 8.02. The summed E-state index contributed by atoms with van der Waals surface area (Å²) in [6, 6.07) is 0.544. The van der Waals surface area contributed by atoms with E-state index in [0.29, 0.717) is 12.6 Å². The van der Waals surface area contributed by atoms with Crippen LogP contribution in [0.2, 0.25) is 0 Å². The lowest BCUT2D eigenvalue weighted by Gasteiger charge is -2.30. The van der Waals surface area contributed by atoms with Crippen LogP contribution in [0.1, 0.15) is 19.8 Å². The Kier molecular flexibility index (Phi) is 5.50. The van der Waals surface area contributed by atoms with Crippen LogP contribution >= 0.6 is 22.6 Å². The molecule has 1 fully saturated rings. The second-order valence-corrected chi connectivity index (χ2v) is 4.42. The Bertz CT molecular complexity index is 142.